The van der Waals surface area contributed by atoms with Crippen molar-refractivity contribution in [3.05, 3.63) is 71.2 Å². The highest BCUT2D eigenvalue weighted by Crippen LogP contribution is 2.26. The van der Waals surface area contributed by atoms with E-state index < -0.39 is 11.5 Å². The molecule has 32 heavy (non-hydrogen) atoms. The predicted octanol–water partition coefficient (Wildman–Crippen LogP) is 2.85. The molecule has 1 amide bonds. The summed E-state index contributed by atoms with van der Waals surface area (Å²) in [4.78, 5) is 22.1. The average Bonchev–Trinajstić information content (AvgIpc) is 3.49. The van der Waals surface area contributed by atoms with Crippen molar-refractivity contribution in [1.29, 1.82) is 0 Å². The first-order valence-electron chi connectivity index (χ1n) is 10.0. The van der Waals surface area contributed by atoms with Crippen LogP contribution in [0, 0.1) is 6.92 Å². The molecule has 0 bridgehead atoms. The van der Waals surface area contributed by atoms with Crippen molar-refractivity contribution in [1.82, 2.24) is 25.0 Å². The van der Waals surface area contributed by atoms with Crippen LogP contribution in [0.5, 0.6) is 0 Å². The second-order valence-electron chi connectivity index (χ2n) is 7.90. The van der Waals surface area contributed by atoms with Crippen LogP contribution in [-0.2, 0) is 23.3 Å². The van der Waals surface area contributed by atoms with Crippen LogP contribution in [0.15, 0.2) is 45.6 Å². The summed E-state index contributed by atoms with van der Waals surface area (Å²) >= 11 is 0. The molecular weight excluding hydrogens is 412 g/mol. The highest BCUT2D eigenvalue weighted by Gasteiger charge is 2.24. The Kier molecular flexibility index (Phi) is 5.62. The zero-order valence-corrected chi connectivity index (χ0v) is 18.3. The van der Waals surface area contributed by atoms with E-state index >= 15 is 0 Å². The molecule has 10 nitrogen and oxygen atoms in total. The van der Waals surface area contributed by atoms with Gasteiger partial charge in [0, 0.05) is 12.7 Å². The fraction of sp³-hybridized carbons (Fsp3) is 0.318. The molecule has 0 aliphatic heterocycles. The molecule has 4 aromatic rings. The Bertz CT molecular complexity index is 1250. The van der Waals surface area contributed by atoms with Gasteiger partial charge < -0.3 is 19.3 Å². The van der Waals surface area contributed by atoms with Crippen LogP contribution in [-0.4, -0.2) is 38.0 Å². The number of oxazole rings is 2. The summed E-state index contributed by atoms with van der Waals surface area (Å²) in [6.45, 7) is 6.02. The number of nitrogens with zero attached hydrogens (tertiary/aromatic N) is 5. The van der Waals surface area contributed by atoms with Gasteiger partial charge in [0.25, 0.3) is 5.91 Å². The van der Waals surface area contributed by atoms with Crippen LogP contribution in [0.25, 0.3) is 11.3 Å². The minimum absolute atomic E-state index is 0.0889. The van der Waals surface area contributed by atoms with Crippen molar-refractivity contribution >= 4 is 5.91 Å². The molecule has 166 valence electrons. The third-order valence-electron chi connectivity index (χ3n) is 5.06. The van der Waals surface area contributed by atoms with Gasteiger partial charge in [0.1, 0.15) is 24.1 Å². The Hall–Kier alpha value is -3.79. The number of hydrogen-bond acceptors (Lipinski definition) is 8. The molecular formula is C22H24N6O4. The van der Waals surface area contributed by atoms with Crippen molar-refractivity contribution in [2.24, 2.45) is 5.73 Å². The number of nitrogens with two attached hydrogens (primary N) is 1. The maximum absolute atomic E-state index is 11.9. The predicted molar refractivity (Wildman–Crippen MR) is 114 cm³/mol. The van der Waals surface area contributed by atoms with E-state index in [9.17, 15) is 4.79 Å². The van der Waals surface area contributed by atoms with Crippen molar-refractivity contribution in [3.63, 3.8) is 0 Å². The third kappa shape index (κ3) is 4.45. The summed E-state index contributed by atoms with van der Waals surface area (Å²) in [5.74, 6) is 0.472. The van der Waals surface area contributed by atoms with Crippen LogP contribution in [0.3, 0.4) is 0 Å². The fourth-order valence-corrected chi connectivity index (χ4v) is 3.12. The maximum atomic E-state index is 11.9. The number of ether oxygens (including phenoxy) is 1. The zero-order valence-electron chi connectivity index (χ0n) is 18.3. The Labute approximate surface area is 184 Å². The van der Waals surface area contributed by atoms with Gasteiger partial charge in [-0.15, -0.1) is 0 Å². The lowest BCUT2D eigenvalue weighted by Crippen LogP contribution is -2.20. The highest BCUT2D eigenvalue weighted by molar-refractivity contribution is 5.96. The Balaban J connectivity index is 1.51. The standard InChI is InChI=1S/C22H24N6O4/c1-13-6-5-7-14(8-13)20-19(21(23)29)26-17(32-20)9-15-10-24-28(27-15)11-18-25-16(12-31-18)22(2,3)30-4/h5-8,10,12H,9,11H2,1-4H3,(H2,23,29). The van der Waals surface area contributed by atoms with Gasteiger partial charge >= 0.3 is 0 Å². The van der Waals surface area contributed by atoms with Crippen LogP contribution in [0.2, 0.25) is 0 Å². The number of hydrogen-bond donors (Lipinski definition) is 1. The van der Waals surface area contributed by atoms with Gasteiger partial charge in [0.05, 0.1) is 18.3 Å². The number of primary amides is 1. The molecule has 0 fully saturated rings. The molecule has 0 atom stereocenters. The van der Waals surface area contributed by atoms with E-state index in [0.29, 0.717) is 28.9 Å². The van der Waals surface area contributed by atoms with Crippen LogP contribution in [0.1, 0.15) is 53.1 Å². The van der Waals surface area contributed by atoms with Crippen LogP contribution < -0.4 is 5.73 Å². The Morgan fingerprint density at radius 2 is 2.06 bits per heavy atom. The van der Waals surface area contributed by atoms with Crippen LogP contribution >= 0.6 is 0 Å². The third-order valence-corrected chi connectivity index (χ3v) is 5.06. The summed E-state index contributed by atoms with van der Waals surface area (Å²) < 4.78 is 16.8. The number of rotatable bonds is 8. The summed E-state index contributed by atoms with van der Waals surface area (Å²) in [6.07, 6.45) is 3.41. The summed E-state index contributed by atoms with van der Waals surface area (Å²) in [6, 6.07) is 7.58. The lowest BCUT2D eigenvalue weighted by atomic mass is 10.1. The van der Waals surface area contributed by atoms with E-state index in [-0.39, 0.29) is 18.7 Å². The number of aromatic nitrogens is 5. The monoisotopic (exact) mass is 436 g/mol. The molecule has 0 saturated carbocycles. The number of carbonyl (C=O) groups excluding carboxylic acids is 1. The molecule has 0 aliphatic carbocycles. The zero-order chi connectivity index (χ0) is 22.9. The van der Waals surface area contributed by atoms with E-state index in [0.717, 1.165) is 11.1 Å². The lowest BCUT2D eigenvalue weighted by molar-refractivity contribution is 0.0154. The lowest BCUT2D eigenvalue weighted by Gasteiger charge is -2.19. The minimum Gasteiger partial charge on any atom is -0.446 e. The number of carbonyl (C=O) groups is 1. The average molecular weight is 436 g/mol. The van der Waals surface area contributed by atoms with E-state index in [1.54, 1.807) is 19.6 Å². The topological polar surface area (TPSA) is 135 Å². The molecule has 3 heterocycles. The second kappa shape index (κ2) is 8.39. The van der Waals surface area contributed by atoms with Crippen molar-refractivity contribution in [2.45, 2.75) is 39.3 Å². The van der Waals surface area contributed by atoms with E-state index in [4.69, 9.17) is 19.3 Å². The van der Waals surface area contributed by atoms with Gasteiger partial charge in [-0.25, -0.2) is 9.97 Å². The van der Waals surface area contributed by atoms with Gasteiger partial charge in [-0.1, -0.05) is 23.8 Å². The molecule has 0 spiro atoms. The quantitative estimate of drug-likeness (QED) is 0.445. The smallest absolute Gasteiger partial charge is 0.271 e. The number of aryl methyl sites for hydroxylation is 1. The van der Waals surface area contributed by atoms with Crippen molar-refractivity contribution < 1.29 is 18.4 Å². The molecule has 2 N–H and O–H groups in total. The van der Waals surface area contributed by atoms with Crippen LogP contribution in [0.4, 0.5) is 0 Å². The molecule has 3 aromatic heterocycles. The van der Waals surface area contributed by atoms with Gasteiger partial charge in [-0.3, -0.25) is 4.79 Å². The van der Waals surface area contributed by atoms with Crippen molar-refractivity contribution in [3.8, 4) is 11.3 Å². The molecule has 10 heteroatoms. The van der Waals surface area contributed by atoms with Crippen molar-refractivity contribution in [2.75, 3.05) is 7.11 Å². The first kappa shape index (κ1) is 21.4. The Morgan fingerprint density at radius 3 is 2.78 bits per heavy atom. The second-order valence-corrected chi connectivity index (χ2v) is 7.90. The molecule has 0 saturated heterocycles. The summed E-state index contributed by atoms with van der Waals surface area (Å²) in [5.41, 5.74) is 8.11. The van der Waals surface area contributed by atoms with Gasteiger partial charge in [0.2, 0.25) is 11.8 Å². The SMILES string of the molecule is COC(C)(C)c1coc(Cn2ncc(Cc3nc(C(N)=O)c(-c4cccc(C)c4)o3)n2)n1. The van der Waals surface area contributed by atoms with E-state index in [2.05, 4.69) is 20.2 Å². The molecule has 1 aromatic carbocycles. The number of benzene rings is 1. The molecule has 0 radical (unpaired) electrons. The minimum atomic E-state index is -0.654. The fourth-order valence-electron chi connectivity index (χ4n) is 3.12. The van der Waals surface area contributed by atoms with E-state index in [1.807, 2.05) is 45.0 Å². The number of amides is 1. The summed E-state index contributed by atoms with van der Waals surface area (Å²) in [7, 11) is 1.62. The number of methoxy groups -OCH3 is 1. The van der Waals surface area contributed by atoms with Gasteiger partial charge in [0.15, 0.2) is 11.5 Å². The Morgan fingerprint density at radius 1 is 1.25 bits per heavy atom. The highest BCUT2D eigenvalue weighted by atomic mass is 16.5. The molecule has 0 unspecified atom stereocenters. The normalized spacial score (nSPS) is 11.8. The maximum Gasteiger partial charge on any atom is 0.271 e. The first-order chi connectivity index (χ1) is 15.2. The molecule has 0 aliphatic rings. The van der Waals surface area contributed by atoms with E-state index in [1.165, 1.54) is 4.80 Å². The largest absolute Gasteiger partial charge is 0.446 e. The van der Waals surface area contributed by atoms with Gasteiger partial charge in [-0.2, -0.15) is 15.0 Å². The molecule has 4 rings (SSSR count). The van der Waals surface area contributed by atoms with Gasteiger partial charge in [-0.05, 0) is 26.8 Å². The summed E-state index contributed by atoms with van der Waals surface area (Å²) in [5, 5.41) is 8.67. The first-order valence-corrected chi connectivity index (χ1v) is 10.0.